The number of anilines is 3. The number of nitriles is 1. The Morgan fingerprint density at radius 3 is 2.34 bits per heavy atom. The van der Waals surface area contributed by atoms with Gasteiger partial charge in [0.05, 0.1) is 38.8 Å². The fourth-order valence-corrected chi connectivity index (χ4v) is 8.05. The number of rotatable bonds is 4. The van der Waals surface area contributed by atoms with Gasteiger partial charge in [-0.1, -0.05) is 85.8 Å². The second kappa shape index (κ2) is 9.09. The van der Waals surface area contributed by atoms with Gasteiger partial charge in [-0.25, -0.2) is 0 Å². The molecule has 0 radical (unpaired) electrons. The summed E-state index contributed by atoms with van der Waals surface area (Å²) in [7, 11) is 0. The number of benzene rings is 5. The highest BCUT2D eigenvalue weighted by Crippen LogP contribution is 2.60. The van der Waals surface area contributed by atoms with Crippen molar-refractivity contribution in [2.45, 2.75) is 24.9 Å². The van der Waals surface area contributed by atoms with Gasteiger partial charge in [0.15, 0.2) is 0 Å². The van der Waals surface area contributed by atoms with Gasteiger partial charge in [0, 0.05) is 5.39 Å². The Labute approximate surface area is 243 Å². The average molecular weight is 546 g/mol. The fraction of sp³-hybridized carbons (Fsp3) is 0.108. The summed E-state index contributed by atoms with van der Waals surface area (Å²) in [4.78, 5) is 2.51. The van der Waals surface area contributed by atoms with E-state index in [1.807, 2.05) is 23.5 Å². The third kappa shape index (κ3) is 3.24. The number of hydrogen-bond donors (Lipinski definition) is 1. The molecule has 0 saturated carbocycles. The Bertz CT molecular complexity index is 1980. The molecule has 6 aromatic rings. The first kappa shape index (κ1) is 24.0. The predicted octanol–water partition coefficient (Wildman–Crippen LogP) is 9.44. The predicted molar refractivity (Wildman–Crippen MR) is 170 cm³/mol. The van der Waals surface area contributed by atoms with Crippen LogP contribution in [-0.4, -0.2) is 6.17 Å². The molecule has 196 valence electrons. The topological polar surface area (TPSA) is 39.1 Å². The minimum Gasteiger partial charge on any atom is -0.363 e. The van der Waals surface area contributed by atoms with E-state index in [1.165, 1.54) is 60.5 Å². The van der Waals surface area contributed by atoms with Crippen molar-refractivity contribution in [3.8, 4) is 17.2 Å². The minimum absolute atomic E-state index is 0.167. The smallest absolute Gasteiger partial charge is 0.104 e. The van der Waals surface area contributed by atoms with Crippen LogP contribution in [0.3, 0.4) is 0 Å². The SMILES string of the molecule is CCC1Nc2ccccc2N1c1cc2c(c3ccsc13)-c1ccccc1C2(c1ccccc1)c1ccc(C#N)cc1. The highest BCUT2D eigenvalue weighted by atomic mass is 32.1. The van der Waals surface area contributed by atoms with Crippen LogP contribution in [0.4, 0.5) is 17.1 Å². The number of nitrogens with one attached hydrogen (secondary N) is 1. The van der Waals surface area contributed by atoms with Crippen molar-refractivity contribution in [3.05, 3.63) is 148 Å². The second-order valence-corrected chi connectivity index (χ2v) is 11.7. The standard InChI is InChI=1S/C37H27N3S/c1-2-34-39-31-14-8-9-15-32(31)40(34)33-22-30-35(28-20-21-41-36(28)33)27-12-6-7-13-29(27)37(30,25-10-4-3-5-11-25)26-18-16-24(23-38)17-19-26/h3-22,34,39H,2H2,1H3. The molecule has 3 nitrogen and oxygen atoms in total. The van der Waals surface area contributed by atoms with Gasteiger partial charge in [-0.15, -0.1) is 11.3 Å². The molecular weight excluding hydrogens is 518 g/mol. The van der Waals surface area contributed by atoms with Crippen molar-refractivity contribution in [3.63, 3.8) is 0 Å². The molecule has 2 atom stereocenters. The van der Waals surface area contributed by atoms with E-state index < -0.39 is 5.41 Å². The van der Waals surface area contributed by atoms with Gasteiger partial charge in [-0.2, -0.15) is 5.26 Å². The molecule has 0 spiro atoms. The van der Waals surface area contributed by atoms with E-state index in [2.05, 4.69) is 132 Å². The summed E-state index contributed by atoms with van der Waals surface area (Å²) >= 11 is 1.82. The number of hydrogen-bond acceptors (Lipinski definition) is 4. The van der Waals surface area contributed by atoms with Gasteiger partial charge in [-0.3, -0.25) is 0 Å². The Balaban J connectivity index is 1.52. The number of nitrogens with zero attached hydrogens (tertiary/aromatic N) is 2. The molecule has 1 aliphatic carbocycles. The van der Waals surface area contributed by atoms with E-state index >= 15 is 0 Å². The Morgan fingerprint density at radius 1 is 0.805 bits per heavy atom. The summed E-state index contributed by atoms with van der Waals surface area (Å²) in [5.41, 5.74) is 11.3. The van der Waals surface area contributed by atoms with Crippen LogP contribution in [0.2, 0.25) is 0 Å². The zero-order chi connectivity index (χ0) is 27.6. The molecule has 1 aliphatic heterocycles. The summed E-state index contributed by atoms with van der Waals surface area (Å²) in [6.07, 6.45) is 1.14. The molecule has 0 amide bonds. The largest absolute Gasteiger partial charge is 0.363 e. The number of para-hydroxylation sites is 2. The van der Waals surface area contributed by atoms with Crippen LogP contribution in [-0.2, 0) is 5.41 Å². The zero-order valence-electron chi connectivity index (χ0n) is 22.6. The second-order valence-electron chi connectivity index (χ2n) is 10.8. The summed E-state index contributed by atoms with van der Waals surface area (Å²) in [5, 5.41) is 16.9. The quantitative estimate of drug-likeness (QED) is 0.239. The lowest BCUT2D eigenvalue weighted by molar-refractivity contribution is 0.727. The third-order valence-corrected chi connectivity index (χ3v) is 9.76. The highest BCUT2D eigenvalue weighted by molar-refractivity contribution is 7.18. The fourth-order valence-electron chi connectivity index (χ4n) is 7.13. The number of fused-ring (bicyclic) bond motifs is 6. The summed E-state index contributed by atoms with van der Waals surface area (Å²) in [6.45, 7) is 2.25. The maximum absolute atomic E-state index is 9.61. The molecule has 2 unspecified atom stereocenters. The number of thiophene rings is 1. The zero-order valence-corrected chi connectivity index (χ0v) is 23.5. The van der Waals surface area contributed by atoms with Gasteiger partial charge >= 0.3 is 0 Å². The molecule has 4 heteroatoms. The van der Waals surface area contributed by atoms with E-state index in [0.29, 0.717) is 5.56 Å². The third-order valence-electron chi connectivity index (χ3n) is 8.82. The van der Waals surface area contributed by atoms with Crippen LogP contribution < -0.4 is 10.2 Å². The molecule has 0 fully saturated rings. The van der Waals surface area contributed by atoms with E-state index in [9.17, 15) is 5.26 Å². The lowest BCUT2D eigenvalue weighted by atomic mass is 9.67. The normalized spacial score (nSPS) is 18.4. The van der Waals surface area contributed by atoms with E-state index in [1.54, 1.807) is 0 Å². The van der Waals surface area contributed by atoms with Gasteiger partial charge in [-0.05, 0) is 81.6 Å². The van der Waals surface area contributed by atoms with Gasteiger partial charge in [0.2, 0.25) is 0 Å². The van der Waals surface area contributed by atoms with Crippen LogP contribution in [0.15, 0.2) is 121 Å². The Kier molecular flexibility index (Phi) is 5.32. The molecule has 1 aromatic heterocycles. The van der Waals surface area contributed by atoms with Crippen molar-refractivity contribution in [1.82, 2.24) is 0 Å². The van der Waals surface area contributed by atoms with Crippen LogP contribution in [0.1, 0.15) is 41.2 Å². The molecule has 41 heavy (non-hydrogen) atoms. The molecule has 2 heterocycles. The highest BCUT2D eigenvalue weighted by Gasteiger charge is 2.47. The monoisotopic (exact) mass is 545 g/mol. The van der Waals surface area contributed by atoms with Crippen LogP contribution in [0.5, 0.6) is 0 Å². The molecular formula is C37H27N3S. The van der Waals surface area contributed by atoms with Crippen molar-refractivity contribution < 1.29 is 0 Å². The average Bonchev–Trinajstić information content (AvgIpc) is 3.74. The lowest BCUT2D eigenvalue weighted by Gasteiger charge is -2.35. The first-order chi connectivity index (χ1) is 20.3. The van der Waals surface area contributed by atoms with Crippen molar-refractivity contribution >= 4 is 38.5 Å². The van der Waals surface area contributed by atoms with Crippen LogP contribution in [0.25, 0.3) is 21.2 Å². The summed E-state index contributed by atoms with van der Waals surface area (Å²) in [6, 6.07) is 43.7. The van der Waals surface area contributed by atoms with Crippen molar-refractivity contribution in [2.75, 3.05) is 10.2 Å². The van der Waals surface area contributed by atoms with Crippen molar-refractivity contribution in [1.29, 1.82) is 5.26 Å². The first-order valence-corrected chi connectivity index (χ1v) is 15.0. The maximum Gasteiger partial charge on any atom is 0.104 e. The summed E-state index contributed by atoms with van der Waals surface area (Å²) in [5.74, 6) is 0. The molecule has 2 aliphatic rings. The minimum atomic E-state index is -0.527. The van der Waals surface area contributed by atoms with Crippen molar-refractivity contribution in [2.24, 2.45) is 0 Å². The Morgan fingerprint density at radius 2 is 1.54 bits per heavy atom. The molecule has 1 N–H and O–H groups in total. The molecule has 5 aromatic carbocycles. The first-order valence-electron chi connectivity index (χ1n) is 14.1. The van der Waals surface area contributed by atoms with E-state index in [0.717, 1.165) is 6.42 Å². The van der Waals surface area contributed by atoms with Crippen LogP contribution >= 0.6 is 11.3 Å². The van der Waals surface area contributed by atoms with Gasteiger partial charge < -0.3 is 10.2 Å². The van der Waals surface area contributed by atoms with E-state index in [4.69, 9.17) is 0 Å². The van der Waals surface area contributed by atoms with Gasteiger partial charge in [0.25, 0.3) is 0 Å². The molecule has 0 bridgehead atoms. The van der Waals surface area contributed by atoms with Crippen LogP contribution in [0, 0.1) is 11.3 Å². The summed E-state index contributed by atoms with van der Waals surface area (Å²) < 4.78 is 1.30. The lowest BCUT2D eigenvalue weighted by Crippen LogP contribution is -2.32. The Hall–Kier alpha value is -4.85. The van der Waals surface area contributed by atoms with E-state index in [-0.39, 0.29) is 6.17 Å². The molecule has 0 saturated heterocycles. The molecule has 8 rings (SSSR count). The maximum atomic E-state index is 9.61. The van der Waals surface area contributed by atoms with Gasteiger partial charge in [0.1, 0.15) is 6.17 Å².